The number of carbonyl (C=O) groups is 1. The summed E-state index contributed by atoms with van der Waals surface area (Å²) in [6.45, 7) is 5.03. The average molecular weight is 283 g/mol. The molecule has 110 valence electrons. The fraction of sp³-hybridized carbons (Fsp3) is 0.294. The van der Waals surface area contributed by atoms with E-state index in [2.05, 4.69) is 41.6 Å². The van der Waals surface area contributed by atoms with E-state index in [1.165, 1.54) is 5.56 Å². The van der Waals surface area contributed by atoms with Crippen LogP contribution < -0.4 is 10.6 Å². The topological polar surface area (TPSA) is 54.0 Å². The molecule has 4 nitrogen and oxygen atoms in total. The summed E-state index contributed by atoms with van der Waals surface area (Å²) >= 11 is 0. The summed E-state index contributed by atoms with van der Waals surface area (Å²) in [5.41, 5.74) is 3.10. The minimum Gasteiger partial charge on any atom is -0.376 e. The molecule has 1 heterocycles. The molecule has 0 aliphatic carbocycles. The van der Waals surface area contributed by atoms with Gasteiger partial charge >= 0.3 is 0 Å². The molecule has 0 radical (unpaired) electrons. The van der Waals surface area contributed by atoms with Crippen LogP contribution >= 0.6 is 0 Å². The summed E-state index contributed by atoms with van der Waals surface area (Å²) in [5, 5.41) is 5.95. The van der Waals surface area contributed by atoms with Crippen molar-refractivity contribution in [2.24, 2.45) is 0 Å². The number of nitrogens with zero attached hydrogens (tertiary/aromatic N) is 1. The average Bonchev–Trinajstić information content (AvgIpc) is 2.52. The van der Waals surface area contributed by atoms with Crippen LogP contribution in [0.15, 0.2) is 48.7 Å². The summed E-state index contributed by atoms with van der Waals surface area (Å²) < 4.78 is 0. The lowest BCUT2D eigenvalue weighted by atomic mass is 10.0. The molecule has 0 aliphatic rings. The van der Waals surface area contributed by atoms with Crippen LogP contribution in [0.4, 0.5) is 5.69 Å². The Kier molecular flexibility index (Phi) is 5.32. The Hall–Kier alpha value is -2.36. The first-order valence-corrected chi connectivity index (χ1v) is 7.15. The first-order valence-electron chi connectivity index (χ1n) is 7.15. The van der Waals surface area contributed by atoms with Gasteiger partial charge < -0.3 is 10.6 Å². The van der Waals surface area contributed by atoms with E-state index in [0.717, 1.165) is 11.4 Å². The number of hydrogen-bond acceptors (Lipinski definition) is 3. The SMILES string of the molecule is CC(C)c1ccc(NCC(=O)NCc2ccccn2)cc1. The predicted molar refractivity (Wildman–Crippen MR) is 85.1 cm³/mol. The van der Waals surface area contributed by atoms with Crippen LogP contribution in [0.1, 0.15) is 31.0 Å². The van der Waals surface area contributed by atoms with E-state index >= 15 is 0 Å². The lowest BCUT2D eigenvalue weighted by molar-refractivity contribution is -0.119. The minimum atomic E-state index is -0.0476. The Bertz CT molecular complexity index is 564. The molecule has 0 bridgehead atoms. The van der Waals surface area contributed by atoms with Crippen LogP contribution in [0.3, 0.4) is 0 Å². The Balaban J connectivity index is 1.76. The summed E-state index contributed by atoms with van der Waals surface area (Å²) in [5.74, 6) is 0.467. The van der Waals surface area contributed by atoms with Gasteiger partial charge in [-0.3, -0.25) is 9.78 Å². The summed E-state index contributed by atoms with van der Waals surface area (Å²) in [6.07, 6.45) is 1.72. The number of benzene rings is 1. The van der Waals surface area contributed by atoms with Crippen molar-refractivity contribution in [2.75, 3.05) is 11.9 Å². The number of hydrogen-bond donors (Lipinski definition) is 2. The highest BCUT2D eigenvalue weighted by molar-refractivity contribution is 5.80. The van der Waals surface area contributed by atoms with Gasteiger partial charge in [0.15, 0.2) is 0 Å². The number of rotatable bonds is 6. The quantitative estimate of drug-likeness (QED) is 0.857. The third-order valence-corrected chi connectivity index (χ3v) is 3.22. The number of aromatic nitrogens is 1. The molecule has 0 aliphatic heterocycles. The van der Waals surface area contributed by atoms with Gasteiger partial charge in [-0.05, 0) is 35.7 Å². The molecule has 0 spiro atoms. The van der Waals surface area contributed by atoms with Crippen LogP contribution in [0, 0.1) is 0 Å². The standard InChI is InChI=1S/C17H21N3O/c1-13(2)14-6-8-15(9-7-14)19-12-17(21)20-11-16-5-3-4-10-18-16/h3-10,13,19H,11-12H2,1-2H3,(H,20,21). The number of nitrogens with one attached hydrogen (secondary N) is 2. The molecule has 0 saturated heterocycles. The molecule has 21 heavy (non-hydrogen) atoms. The highest BCUT2D eigenvalue weighted by Crippen LogP contribution is 2.16. The van der Waals surface area contributed by atoms with Crippen molar-refractivity contribution in [1.82, 2.24) is 10.3 Å². The van der Waals surface area contributed by atoms with Crippen LogP contribution in [0.2, 0.25) is 0 Å². The lowest BCUT2D eigenvalue weighted by Crippen LogP contribution is -2.29. The van der Waals surface area contributed by atoms with Crippen molar-refractivity contribution in [3.8, 4) is 0 Å². The predicted octanol–water partition coefficient (Wildman–Crippen LogP) is 2.93. The highest BCUT2D eigenvalue weighted by atomic mass is 16.1. The maximum Gasteiger partial charge on any atom is 0.239 e. The van der Waals surface area contributed by atoms with E-state index in [4.69, 9.17) is 0 Å². The zero-order valence-corrected chi connectivity index (χ0v) is 12.5. The summed E-state index contributed by atoms with van der Waals surface area (Å²) in [7, 11) is 0. The fourth-order valence-corrected chi connectivity index (χ4v) is 1.92. The molecule has 2 aromatic rings. The molecule has 1 aromatic carbocycles. The van der Waals surface area contributed by atoms with Crippen LogP contribution in [-0.4, -0.2) is 17.4 Å². The Morgan fingerprint density at radius 1 is 1.14 bits per heavy atom. The maximum absolute atomic E-state index is 11.8. The van der Waals surface area contributed by atoms with E-state index in [-0.39, 0.29) is 12.5 Å². The van der Waals surface area contributed by atoms with E-state index in [1.54, 1.807) is 6.20 Å². The number of pyridine rings is 1. The van der Waals surface area contributed by atoms with Gasteiger partial charge in [0.1, 0.15) is 0 Å². The molecular weight excluding hydrogens is 262 g/mol. The van der Waals surface area contributed by atoms with Crippen molar-refractivity contribution in [3.05, 3.63) is 59.9 Å². The molecule has 1 aromatic heterocycles. The van der Waals surface area contributed by atoms with Crippen LogP contribution in [-0.2, 0) is 11.3 Å². The van der Waals surface area contributed by atoms with Crippen LogP contribution in [0.25, 0.3) is 0 Å². The van der Waals surface area contributed by atoms with Crippen molar-refractivity contribution in [1.29, 1.82) is 0 Å². The van der Waals surface area contributed by atoms with Crippen molar-refractivity contribution in [3.63, 3.8) is 0 Å². The van der Waals surface area contributed by atoms with Gasteiger partial charge in [0.05, 0.1) is 18.8 Å². The first-order chi connectivity index (χ1) is 10.1. The van der Waals surface area contributed by atoms with Gasteiger partial charge in [-0.2, -0.15) is 0 Å². The molecule has 0 saturated carbocycles. The molecule has 2 rings (SSSR count). The normalized spacial score (nSPS) is 10.4. The molecule has 2 N–H and O–H groups in total. The maximum atomic E-state index is 11.8. The third-order valence-electron chi connectivity index (χ3n) is 3.22. The number of carbonyl (C=O) groups excluding carboxylic acids is 1. The van der Waals surface area contributed by atoms with E-state index in [1.807, 2.05) is 30.3 Å². The van der Waals surface area contributed by atoms with Crippen molar-refractivity contribution < 1.29 is 4.79 Å². The second-order valence-electron chi connectivity index (χ2n) is 5.23. The molecule has 4 heteroatoms. The molecule has 0 unspecified atom stereocenters. The second kappa shape index (κ2) is 7.43. The van der Waals surface area contributed by atoms with Gasteiger partial charge in [0, 0.05) is 11.9 Å². The van der Waals surface area contributed by atoms with Gasteiger partial charge in [0.2, 0.25) is 5.91 Å². The Morgan fingerprint density at radius 2 is 1.90 bits per heavy atom. The van der Waals surface area contributed by atoms with E-state index in [9.17, 15) is 4.79 Å². The Labute approximate surface area is 125 Å². The zero-order chi connectivity index (χ0) is 15.1. The molecular formula is C17H21N3O. The van der Waals surface area contributed by atoms with E-state index in [0.29, 0.717) is 12.5 Å². The van der Waals surface area contributed by atoms with Gasteiger partial charge in [-0.1, -0.05) is 32.0 Å². The third kappa shape index (κ3) is 4.91. The molecule has 1 amide bonds. The highest BCUT2D eigenvalue weighted by Gasteiger charge is 2.03. The summed E-state index contributed by atoms with van der Waals surface area (Å²) in [6, 6.07) is 13.8. The van der Waals surface area contributed by atoms with E-state index < -0.39 is 0 Å². The lowest BCUT2D eigenvalue weighted by Gasteiger charge is -2.09. The summed E-state index contributed by atoms with van der Waals surface area (Å²) in [4.78, 5) is 15.9. The number of anilines is 1. The smallest absolute Gasteiger partial charge is 0.239 e. The van der Waals surface area contributed by atoms with Crippen molar-refractivity contribution >= 4 is 11.6 Å². The zero-order valence-electron chi connectivity index (χ0n) is 12.5. The first kappa shape index (κ1) is 15.0. The monoisotopic (exact) mass is 283 g/mol. The second-order valence-corrected chi connectivity index (χ2v) is 5.23. The largest absolute Gasteiger partial charge is 0.376 e. The van der Waals surface area contributed by atoms with Gasteiger partial charge in [-0.15, -0.1) is 0 Å². The van der Waals surface area contributed by atoms with Gasteiger partial charge in [-0.25, -0.2) is 0 Å². The molecule has 0 atom stereocenters. The Morgan fingerprint density at radius 3 is 2.52 bits per heavy atom. The van der Waals surface area contributed by atoms with Crippen molar-refractivity contribution in [2.45, 2.75) is 26.3 Å². The van der Waals surface area contributed by atoms with Crippen LogP contribution in [0.5, 0.6) is 0 Å². The van der Waals surface area contributed by atoms with Gasteiger partial charge in [0.25, 0.3) is 0 Å². The number of amides is 1. The minimum absolute atomic E-state index is 0.0476. The molecule has 0 fully saturated rings. The fourth-order valence-electron chi connectivity index (χ4n) is 1.92.